The maximum Gasteiger partial charge on any atom is 0.0504 e. The highest BCUT2D eigenvalue weighted by Crippen LogP contribution is 2.31. The Bertz CT molecular complexity index is 248. The van der Waals surface area contributed by atoms with Crippen LogP contribution < -0.4 is 5.32 Å². The fourth-order valence-corrected chi connectivity index (χ4v) is 2.33. The number of allylic oxidation sites excluding steroid dienone is 1. The Morgan fingerprint density at radius 3 is 2.50 bits per heavy atom. The van der Waals surface area contributed by atoms with Crippen molar-refractivity contribution in [2.45, 2.75) is 20.8 Å². The largest absolute Gasteiger partial charge is 0.392 e. The van der Waals surface area contributed by atoms with Gasteiger partial charge in [0.1, 0.15) is 0 Å². The second-order valence-electron chi connectivity index (χ2n) is 5.76. The molecule has 1 rings (SSSR count). The lowest BCUT2D eigenvalue weighted by Gasteiger charge is -2.36. The highest BCUT2D eigenvalue weighted by molar-refractivity contribution is 5.02. The molecule has 0 aromatic carbocycles. The molecule has 94 valence electrons. The number of nitrogens with one attached hydrogen (secondary N) is 1. The molecular formula is C13H27N3. The molecule has 3 nitrogen and oxygen atoms in total. The van der Waals surface area contributed by atoms with E-state index in [1.165, 1.54) is 13.1 Å². The van der Waals surface area contributed by atoms with E-state index in [4.69, 9.17) is 0 Å². The van der Waals surface area contributed by atoms with E-state index in [1.807, 2.05) is 7.05 Å². The third-order valence-electron chi connectivity index (χ3n) is 3.89. The molecule has 1 atom stereocenters. The first-order chi connectivity index (χ1) is 7.36. The summed E-state index contributed by atoms with van der Waals surface area (Å²) in [5.41, 5.74) is 1.41. The van der Waals surface area contributed by atoms with Crippen LogP contribution in [0.25, 0.3) is 0 Å². The van der Waals surface area contributed by atoms with E-state index in [-0.39, 0.29) is 5.41 Å². The number of likely N-dealkylation sites (N-methyl/N-ethyl adjacent to an activating group) is 1. The van der Waals surface area contributed by atoms with Gasteiger partial charge < -0.3 is 5.32 Å². The lowest BCUT2D eigenvalue weighted by molar-refractivity contribution is 0.146. The van der Waals surface area contributed by atoms with Crippen LogP contribution in [0.5, 0.6) is 0 Å². The van der Waals surface area contributed by atoms with Crippen LogP contribution in [0.3, 0.4) is 0 Å². The minimum Gasteiger partial charge on any atom is -0.392 e. The molecule has 0 amide bonds. The van der Waals surface area contributed by atoms with Gasteiger partial charge in [-0.3, -0.25) is 9.80 Å². The molecule has 1 N–H and O–H groups in total. The highest BCUT2D eigenvalue weighted by Gasteiger charge is 2.31. The van der Waals surface area contributed by atoms with Crippen molar-refractivity contribution in [2.75, 3.05) is 40.4 Å². The maximum absolute atomic E-state index is 4.09. The molecule has 0 aromatic rings. The van der Waals surface area contributed by atoms with Crippen LogP contribution in [0.1, 0.15) is 20.8 Å². The van der Waals surface area contributed by atoms with Crippen LogP contribution >= 0.6 is 0 Å². The van der Waals surface area contributed by atoms with Gasteiger partial charge >= 0.3 is 0 Å². The molecule has 1 heterocycles. The zero-order valence-corrected chi connectivity index (χ0v) is 11.5. The quantitative estimate of drug-likeness (QED) is 0.766. The molecular weight excluding hydrogens is 198 g/mol. The fraction of sp³-hybridized carbons (Fsp3) is 0.846. The van der Waals surface area contributed by atoms with Crippen LogP contribution in [-0.2, 0) is 0 Å². The zero-order valence-electron chi connectivity index (χ0n) is 11.5. The van der Waals surface area contributed by atoms with E-state index in [2.05, 4.69) is 49.5 Å². The summed E-state index contributed by atoms with van der Waals surface area (Å²) in [6, 6.07) is 0. The molecule has 1 unspecified atom stereocenters. The van der Waals surface area contributed by atoms with Gasteiger partial charge in [0.2, 0.25) is 0 Å². The molecule has 0 bridgehead atoms. The van der Waals surface area contributed by atoms with Gasteiger partial charge in [0.05, 0.1) is 6.67 Å². The Hall–Kier alpha value is -0.540. The molecule has 0 spiro atoms. The van der Waals surface area contributed by atoms with Crippen molar-refractivity contribution in [3.8, 4) is 0 Å². The van der Waals surface area contributed by atoms with Crippen molar-refractivity contribution < 1.29 is 0 Å². The Balaban J connectivity index is 2.53. The second-order valence-corrected chi connectivity index (χ2v) is 5.76. The molecule has 0 aliphatic carbocycles. The molecule has 1 saturated heterocycles. The summed E-state index contributed by atoms with van der Waals surface area (Å²) in [5.74, 6) is 0.489. The summed E-state index contributed by atoms with van der Waals surface area (Å²) < 4.78 is 0. The fourth-order valence-electron chi connectivity index (χ4n) is 2.33. The van der Waals surface area contributed by atoms with E-state index in [1.54, 1.807) is 0 Å². The molecule has 1 aliphatic rings. The molecule has 1 aliphatic heterocycles. The molecule has 1 fully saturated rings. The van der Waals surface area contributed by atoms with Gasteiger partial charge in [-0.2, -0.15) is 0 Å². The van der Waals surface area contributed by atoms with E-state index < -0.39 is 0 Å². The summed E-state index contributed by atoms with van der Waals surface area (Å²) in [6.45, 7) is 15.6. The predicted octanol–water partition coefficient (Wildman–Crippen LogP) is 1.59. The normalized spacial score (nSPS) is 21.1. The first kappa shape index (κ1) is 13.5. The predicted molar refractivity (Wildman–Crippen MR) is 70.2 cm³/mol. The minimum atomic E-state index is 0.269. The third-order valence-corrected chi connectivity index (χ3v) is 3.89. The van der Waals surface area contributed by atoms with Crippen LogP contribution in [-0.4, -0.2) is 50.2 Å². The summed E-state index contributed by atoms with van der Waals surface area (Å²) in [4.78, 5) is 4.90. The second kappa shape index (κ2) is 5.19. The van der Waals surface area contributed by atoms with E-state index >= 15 is 0 Å². The van der Waals surface area contributed by atoms with Gasteiger partial charge in [0.15, 0.2) is 0 Å². The lowest BCUT2D eigenvalue weighted by atomic mass is 9.78. The lowest BCUT2D eigenvalue weighted by Crippen LogP contribution is -2.39. The zero-order chi connectivity index (χ0) is 12.3. The van der Waals surface area contributed by atoms with Crippen molar-refractivity contribution in [1.29, 1.82) is 0 Å². The average Bonchev–Trinajstić information content (AvgIpc) is 2.60. The van der Waals surface area contributed by atoms with E-state index in [0.717, 1.165) is 18.9 Å². The number of nitrogens with zero attached hydrogens (tertiary/aromatic N) is 2. The molecule has 0 aromatic heterocycles. The van der Waals surface area contributed by atoms with Gasteiger partial charge in [-0.15, -0.1) is 0 Å². The van der Waals surface area contributed by atoms with Gasteiger partial charge in [-0.1, -0.05) is 27.4 Å². The Morgan fingerprint density at radius 1 is 1.44 bits per heavy atom. The molecule has 0 radical (unpaired) electrons. The Morgan fingerprint density at radius 2 is 2.06 bits per heavy atom. The minimum absolute atomic E-state index is 0.269. The molecule has 0 saturated carbocycles. The standard InChI is InChI=1S/C13H27N3/c1-11(12(2)14-5)13(3,4)9-16-8-7-15(6)10-16/h11,14H,2,7-10H2,1,3-6H3. The van der Waals surface area contributed by atoms with Crippen molar-refractivity contribution in [1.82, 2.24) is 15.1 Å². The summed E-state index contributed by atoms with van der Waals surface area (Å²) in [6.07, 6.45) is 0. The maximum atomic E-state index is 4.09. The SMILES string of the molecule is C=C(NC)C(C)C(C)(C)CN1CCN(C)C1. The van der Waals surface area contributed by atoms with Crippen LogP contribution in [0.2, 0.25) is 0 Å². The van der Waals surface area contributed by atoms with Crippen molar-refractivity contribution in [3.63, 3.8) is 0 Å². The van der Waals surface area contributed by atoms with Crippen LogP contribution in [0.15, 0.2) is 12.3 Å². The highest BCUT2D eigenvalue weighted by atomic mass is 15.4. The molecule has 3 heteroatoms. The smallest absolute Gasteiger partial charge is 0.0504 e. The topological polar surface area (TPSA) is 18.5 Å². The summed E-state index contributed by atoms with van der Waals surface area (Å²) >= 11 is 0. The van der Waals surface area contributed by atoms with Crippen LogP contribution in [0, 0.1) is 11.3 Å². The number of hydrogen-bond donors (Lipinski definition) is 1. The number of hydrogen-bond acceptors (Lipinski definition) is 3. The van der Waals surface area contributed by atoms with Crippen molar-refractivity contribution in [2.24, 2.45) is 11.3 Å². The van der Waals surface area contributed by atoms with E-state index in [0.29, 0.717) is 5.92 Å². The Labute approximate surface area is 100 Å². The Kier molecular flexibility index (Phi) is 4.39. The van der Waals surface area contributed by atoms with Gasteiger partial charge in [-0.25, -0.2) is 0 Å². The third kappa shape index (κ3) is 3.22. The van der Waals surface area contributed by atoms with Crippen molar-refractivity contribution >= 4 is 0 Å². The van der Waals surface area contributed by atoms with Crippen LogP contribution in [0.4, 0.5) is 0 Å². The molecule has 16 heavy (non-hydrogen) atoms. The average molecular weight is 225 g/mol. The first-order valence-corrected chi connectivity index (χ1v) is 6.14. The summed E-state index contributed by atoms with van der Waals surface area (Å²) in [5, 5.41) is 3.18. The number of rotatable bonds is 5. The van der Waals surface area contributed by atoms with Gasteiger partial charge in [0, 0.05) is 38.3 Å². The van der Waals surface area contributed by atoms with Gasteiger partial charge in [-0.05, 0) is 12.5 Å². The first-order valence-electron chi connectivity index (χ1n) is 6.14. The monoisotopic (exact) mass is 225 g/mol. The van der Waals surface area contributed by atoms with Gasteiger partial charge in [0.25, 0.3) is 0 Å². The van der Waals surface area contributed by atoms with Crippen molar-refractivity contribution in [3.05, 3.63) is 12.3 Å². The summed E-state index contributed by atoms with van der Waals surface area (Å²) in [7, 11) is 4.14. The van der Waals surface area contributed by atoms with E-state index in [9.17, 15) is 0 Å².